The van der Waals surface area contributed by atoms with Crippen molar-refractivity contribution in [1.82, 2.24) is 0 Å². The van der Waals surface area contributed by atoms with Gasteiger partial charge in [0.2, 0.25) is 0 Å². The van der Waals surface area contributed by atoms with Gasteiger partial charge in [0.1, 0.15) is 5.78 Å². The molecule has 4 heteroatoms. The Kier molecular flexibility index (Phi) is 8.67. The monoisotopic (exact) mass is 388 g/mol. The first kappa shape index (κ1) is 21.9. The number of methoxy groups -OCH3 is 1. The van der Waals surface area contributed by atoms with Crippen LogP contribution in [0, 0.1) is 5.92 Å². The van der Waals surface area contributed by atoms with E-state index in [4.69, 9.17) is 4.74 Å². The van der Waals surface area contributed by atoms with E-state index < -0.39 is 5.92 Å². The van der Waals surface area contributed by atoms with Gasteiger partial charge in [0.15, 0.2) is 11.6 Å². The number of benzene rings is 2. The molecule has 0 N–H and O–H groups in total. The maximum Gasteiger partial charge on any atom is 0.191 e. The Balaban J connectivity index is 2.11. The van der Waals surface area contributed by atoms with Gasteiger partial charge in [-0.1, -0.05) is 91.0 Å². The van der Waals surface area contributed by atoms with Gasteiger partial charge in [-0.05, 0) is 6.92 Å². The second-order valence-electron chi connectivity index (χ2n) is 6.41. The highest BCUT2D eigenvalue weighted by Gasteiger charge is 2.21. The summed E-state index contributed by atoms with van der Waals surface area (Å²) in [4.78, 5) is 37.0. The zero-order valence-electron chi connectivity index (χ0n) is 16.6. The number of ether oxygens (including phenoxy) is 1. The molecule has 1 unspecified atom stereocenters. The molecule has 0 aliphatic rings. The van der Waals surface area contributed by atoms with Gasteiger partial charge in [-0.25, -0.2) is 0 Å². The fourth-order valence-electron chi connectivity index (χ4n) is 2.72. The lowest BCUT2D eigenvalue weighted by atomic mass is 9.94. The van der Waals surface area contributed by atoms with E-state index in [1.807, 2.05) is 24.3 Å². The molecule has 0 saturated heterocycles. The van der Waals surface area contributed by atoms with Crippen LogP contribution in [0.4, 0.5) is 0 Å². The number of hydrogen-bond donors (Lipinski definition) is 0. The van der Waals surface area contributed by atoms with Crippen molar-refractivity contribution < 1.29 is 19.1 Å². The van der Waals surface area contributed by atoms with Crippen molar-refractivity contribution in [3.05, 3.63) is 108 Å². The van der Waals surface area contributed by atoms with Crippen molar-refractivity contribution in [2.75, 3.05) is 13.7 Å². The van der Waals surface area contributed by atoms with Crippen molar-refractivity contribution in [2.24, 2.45) is 5.92 Å². The van der Waals surface area contributed by atoms with Crippen LogP contribution in [0.15, 0.2) is 96.6 Å². The summed E-state index contributed by atoms with van der Waals surface area (Å²) in [6, 6.07) is 17.7. The normalized spacial score (nSPS) is 13.0. The Morgan fingerprint density at radius 1 is 0.862 bits per heavy atom. The van der Waals surface area contributed by atoms with Crippen molar-refractivity contribution in [2.45, 2.75) is 6.92 Å². The summed E-state index contributed by atoms with van der Waals surface area (Å²) >= 11 is 0. The fraction of sp³-hybridized carbons (Fsp3) is 0.160. The molecule has 2 rings (SSSR count). The molecule has 0 aliphatic carbocycles. The summed E-state index contributed by atoms with van der Waals surface area (Å²) in [5.74, 6) is -1.41. The average Bonchev–Trinajstić information content (AvgIpc) is 2.75. The summed E-state index contributed by atoms with van der Waals surface area (Å²) < 4.78 is 5.12. The van der Waals surface area contributed by atoms with Crippen LogP contribution < -0.4 is 0 Å². The number of rotatable bonds is 10. The summed E-state index contributed by atoms with van der Waals surface area (Å²) in [5.41, 5.74) is 1.59. The molecule has 0 spiro atoms. The van der Waals surface area contributed by atoms with Crippen molar-refractivity contribution in [3.63, 3.8) is 0 Å². The van der Waals surface area contributed by atoms with Gasteiger partial charge in [-0.15, -0.1) is 0 Å². The topological polar surface area (TPSA) is 60.4 Å². The van der Waals surface area contributed by atoms with Crippen LogP contribution in [-0.2, 0) is 9.53 Å². The molecule has 0 saturated carbocycles. The first-order valence-electron chi connectivity index (χ1n) is 9.27. The molecule has 0 radical (unpaired) electrons. The van der Waals surface area contributed by atoms with E-state index in [0.717, 1.165) is 0 Å². The Morgan fingerprint density at radius 3 is 2.00 bits per heavy atom. The van der Waals surface area contributed by atoms with Crippen molar-refractivity contribution in [1.29, 1.82) is 0 Å². The molecule has 0 amide bonds. The lowest BCUT2D eigenvalue weighted by molar-refractivity contribution is -0.118. The van der Waals surface area contributed by atoms with Gasteiger partial charge in [-0.3, -0.25) is 14.4 Å². The smallest absolute Gasteiger partial charge is 0.191 e. The Hall–Kier alpha value is -3.37. The molecule has 0 aliphatic heterocycles. The largest absolute Gasteiger partial charge is 0.380 e. The highest BCUT2D eigenvalue weighted by Crippen LogP contribution is 2.12. The molecule has 0 aromatic heterocycles. The van der Waals surface area contributed by atoms with E-state index >= 15 is 0 Å². The fourth-order valence-corrected chi connectivity index (χ4v) is 2.72. The zero-order chi connectivity index (χ0) is 21.1. The van der Waals surface area contributed by atoms with Crippen LogP contribution in [0.1, 0.15) is 27.6 Å². The third-order valence-electron chi connectivity index (χ3n) is 4.23. The van der Waals surface area contributed by atoms with Crippen molar-refractivity contribution >= 4 is 17.3 Å². The molecule has 2 aromatic rings. The minimum absolute atomic E-state index is 0.109. The minimum Gasteiger partial charge on any atom is -0.380 e. The van der Waals surface area contributed by atoms with Crippen LogP contribution >= 0.6 is 0 Å². The van der Waals surface area contributed by atoms with E-state index in [1.54, 1.807) is 66.8 Å². The molecule has 148 valence electrons. The van der Waals surface area contributed by atoms with E-state index in [-0.39, 0.29) is 24.0 Å². The minimum atomic E-state index is -0.838. The van der Waals surface area contributed by atoms with E-state index in [0.29, 0.717) is 16.7 Å². The lowest BCUT2D eigenvalue weighted by Gasteiger charge is -2.07. The molecular weight excluding hydrogens is 364 g/mol. The van der Waals surface area contributed by atoms with Gasteiger partial charge in [0.05, 0.1) is 12.5 Å². The second kappa shape index (κ2) is 11.5. The number of hydrogen-bond acceptors (Lipinski definition) is 4. The van der Waals surface area contributed by atoms with Crippen LogP contribution in [0.25, 0.3) is 0 Å². The standard InChI is InChI=1S/C25H24O4/c1-19(26)23(25(28)21-14-8-4-9-15-21)17-11-5-10-16-22(18-29-2)24(27)20-12-6-3-7-13-20/h3-17,23H,18H2,1-2H3. The molecular formula is C25H24O4. The van der Waals surface area contributed by atoms with Crippen LogP contribution in [0.3, 0.4) is 0 Å². The highest BCUT2D eigenvalue weighted by molar-refractivity contribution is 6.11. The van der Waals surface area contributed by atoms with Gasteiger partial charge in [0.25, 0.3) is 0 Å². The van der Waals surface area contributed by atoms with Gasteiger partial charge < -0.3 is 4.74 Å². The van der Waals surface area contributed by atoms with Gasteiger partial charge in [0, 0.05) is 23.8 Å². The predicted octanol–water partition coefficient (Wildman–Crippen LogP) is 4.64. The third kappa shape index (κ3) is 6.63. The van der Waals surface area contributed by atoms with Crippen molar-refractivity contribution in [3.8, 4) is 0 Å². The van der Waals surface area contributed by atoms with Gasteiger partial charge in [-0.2, -0.15) is 0 Å². The quantitative estimate of drug-likeness (QED) is 0.257. The Morgan fingerprint density at radius 2 is 1.45 bits per heavy atom. The van der Waals surface area contributed by atoms with E-state index in [9.17, 15) is 14.4 Å². The van der Waals surface area contributed by atoms with Crippen LogP contribution in [0.5, 0.6) is 0 Å². The number of carbonyl (C=O) groups excluding carboxylic acids is 3. The maximum atomic E-state index is 12.6. The average molecular weight is 388 g/mol. The third-order valence-corrected chi connectivity index (χ3v) is 4.23. The first-order valence-corrected chi connectivity index (χ1v) is 9.27. The summed E-state index contributed by atoms with van der Waals surface area (Å²) in [5, 5.41) is 0. The molecule has 1 atom stereocenters. The van der Waals surface area contributed by atoms with E-state index in [1.165, 1.54) is 14.0 Å². The number of ketones is 3. The number of Topliss-reactive ketones (excluding diaryl/α,β-unsaturated/α-hetero) is 3. The SMILES string of the molecule is COCC(=CC=CC=CC(C(C)=O)C(=O)c1ccccc1)C(=O)c1ccccc1. The molecule has 0 heterocycles. The highest BCUT2D eigenvalue weighted by atomic mass is 16.5. The maximum absolute atomic E-state index is 12.6. The summed E-state index contributed by atoms with van der Waals surface area (Å²) in [7, 11) is 1.53. The zero-order valence-corrected chi connectivity index (χ0v) is 16.6. The molecule has 4 nitrogen and oxygen atoms in total. The molecule has 0 fully saturated rings. The number of allylic oxidation sites excluding steroid dienone is 5. The summed E-state index contributed by atoms with van der Waals surface area (Å²) in [6.45, 7) is 1.58. The molecule has 29 heavy (non-hydrogen) atoms. The predicted molar refractivity (Wildman–Crippen MR) is 114 cm³/mol. The first-order chi connectivity index (χ1) is 14.0. The Labute approximate surface area is 171 Å². The lowest BCUT2D eigenvalue weighted by Crippen LogP contribution is -2.19. The Bertz CT molecular complexity index is 922. The van der Waals surface area contributed by atoms with Gasteiger partial charge >= 0.3 is 0 Å². The van der Waals surface area contributed by atoms with Crippen LogP contribution in [0.2, 0.25) is 0 Å². The summed E-state index contributed by atoms with van der Waals surface area (Å²) in [6.07, 6.45) is 8.25. The second-order valence-corrected chi connectivity index (χ2v) is 6.41. The van der Waals surface area contributed by atoms with Crippen LogP contribution in [-0.4, -0.2) is 31.1 Å². The number of carbonyl (C=O) groups is 3. The molecule has 0 bridgehead atoms. The van der Waals surface area contributed by atoms with E-state index in [2.05, 4.69) is 0 Å². The molecule has 2 aromatic carbocycles.